The number of aryl methyl sites for hydroxylation is 2. The van der Waals surface area contributed by atoms with Crippen LogP contribution >= 0.6 is 7.75 Å². The van der Waals surface area contributed by atoms with Crippen molar-refractivity contribution in [3.63, 3.8) is 0 Å². The van der Waals surface area contributed by atoms with Crippen molar-refractivity contribution < 1.29 is 33.0 Å². The van der Waals surface area contributed by atoms with Gasteiger partial charge in [-0.1, -0.05) is 49.6 Å². The zero-order valence-corrected chi connectivity index (χ0v) is 23.2. The molecular formula is C27H41N2O7P. The summed E-state index contributed by atoms with van der Waals surface area (Å²) in [6.07, 6.45) is 3.67. The predicted molar refractivity (Wildman–Crippen MR) is 144 cm³/mol. The molecule has 0 fully saturated rings. The number of aliphatic hydroxyl groups is 1. The van der Waals surface area contributed by atoms with E-state index in [1.807, 2.05) is 31.2 Å². The van der Waals surface area contributed by atoms with E-state index < -0.39 is 31.9 Å². The van der Waals surface area contributed by atoms with Crippen molar-refractivity contribution in [3.05, 3.63) is 59.7 Å². The summed E-state index contributed by atoms with van der Waals surface area (Å²) in [4.78, 5) is 12.5. The lowest BCUT2D eigenvalue weighted by Gasteiger charge is -2.30. The first-order chi connectivity index (χ1) is 17.6. The fourth-order valence-corrected chi connectivity index (χ4v) is 4.95. The Morgan fingerprint density at radius 2 is 1.76 bits per heavy atom. The van der Waals surface area contributed by atoms with Gasteiger partial charge in [0.2, 0.25) is 0 Å². The van der Waals surface area contributed by atoms with Crippen LogP contribution in [0.5, 0.6) is 11.5 Å². The van der Waals surface area contributed by atoms with Crippen molar-refractivity contribution in [2.75, 3.05) is 26.9 Å². The third kappa shape index (κ3) is 10.8. The SMILES string of the molecule is CCCCCOC(=O)[C@H](C)NP(=O)(OCC(N)(CO)CCc1ccc(C)cc1)Oc1ccc(OC)cc1. The molecule has 10 heteroatoms. The predicted octanol–water partition coefficient (Wildman–Crippen LogP) is 4.54. The fourth-order valence-electron chi connectivity index (χ4n) is 3.36. The number of nitrogens with one attached hydrogen (secondary N) is 1. The molecule has 2 aromatic carbocycles. The van der Waals surface area contributed by atoms with Gasteiger partial charge in [0, 0.05) is 0 Å². The quantitative estimate of drug-likeness (QED) is 0.152. The summed E-state index contributed by atoms with van der Waals surface area (Å²) in [6.45, 7) is 5.20. The van der Waals surface area contributed by atoms with Crippen LogP contribution in [-0.2, 0) is 25.0 Å². The molecule has 2 aromatic rings. The Hall–Kier alpha value is -2.42. The molecule has 3 atom stereocenters. The van der Waals surface area contributed by atoms with Crippen LogP contribution in [0.3, 0.4) is 0 Å². The zero-order valence-electron chi connectivity index (χ0n) is 22.3. The molecule has 4 N–H and O–H groups in total. The number of unbranched alkanes of at least 4 members (excludes halogenated alkanes) is 2. The van der Waals surface area contributed by atoms with E-state index in [1.54, 1.807) is 24.3 Å². The molecular weight excluding hydrogens is 495 g/mol. The largest absolute Gasteiger partial charge is 0.497 e. The summed E-state index contributed by atoms with van der Waals surface area (Å²) >= 11 is 0. The van der Waals surface area contributed by atoms with E-state index >= 15 is 0 Å². The van der Waals surface area contributed by atoms with Crippen LogP contribution in [0.2, 0.25) is 0 Å². The number of hydrogen-bond donors (Lipinski definition) is 3. The second kappa shape index (κ2) is 15.1. The van der Waals surface area contributed by atoms with E-state index in [0.717, 1.165) is 30.4 Å². The topological polar surface area (TPSA) is 129 Å². The molecule has 0 amide bonds. The Balaban J connectivity index is 2.11. The van der Waals surface area contributed by atoms with Gasteiger partial charge in [0.1, 0.15) is 17.5 Å². The Morgan fingerprint density at radius 3 is 2.35 bits per heavy atom. The van der Waals surface area contributed by atoms with Gasteiger partial charge in [0.15, 0.2) is 0 Å². The highest BCUT2D eigenvalue weighted by Gasteiger charge is 2.36. The maximum absolute atomic E-state index is 13.8. The molecule has 0 aliphatic heterocycles. The molecule has 0 aliphatic carbocycles. The van der Waals surface area contributed by atoms with Gasteiger partial charge < -0.3 is 24.8 Å². The maximum atomic E-state index is 13.8. The molecule has 2 unspecified atom stereocenters. The van der Waals surface area contributed by atoms with Gasteiger partial charge >= 0.3 is 13.7 Å². The van der Waals surface area contributed by atoms with Gasteiger partial charge in [0.25, 0.3) is 0 Å². The number of nitrogens with two attached hydrogens (primary N) is 1. The molecule has 37 heavy (non-hydrogen) atoms. The summed E-state index contributed by atoms with van der Waals surface area (Å²) in [5.74, 6) is 0.266. The van der Waals surface area contributed by atoms with Crippen LogP contribution in [0.15, 0.2) is 48.5 Å². The molecule has 0 saturated heterocycles. The van der Waals surface area contributed by atoms with Crippen molar-refractivity contribution in [2.24, 2.45) is 5.73 Å². The molecule has 0 heterocycles. The number of carbonyl (C=O) groups is 1. The highest BCUT2D eigenvalue weighted by atomic mass is 31.2. The lowest BCUT2D eigenvalue weighted by atomic mass is 9.94. The van der Waals surface area contributed by atoms with Crippen LogP contribution < -0.4 is 20.1 Å². The standard InChI is InChI=1S/C27H41N2O7P/c1-5-6-7-18-34-26(31)22(3)29-37(32,36-25-14-12-24(33-4)13-15-25)35-20-27(28,19-30)17-16-23-10-8-21(2)9-11-23/h8-15,22,30H,5-7,16-20,28H2,1-4H3,(H,29,32)/t22-,27?,37?/m0/s1. The fraction of sp³-hybridized carbons (Fsp3) is 0.519. The second-order valence-corrected chi connectivity index (χ2v) is 11.0. The Morgan fingerprint density at radius 1 is 1.11 bits per heavy atom. The summed E-state index contributed by atoms with van der Waals surface area (Å²) in [5, 5.41) is 12.7. The second-order valence-electron chi connectivity index (χ2n) is 9.27. The highest BCUT2D eigenvalue weighted by Crippen LogP contribution is 2.46. The van der Waals surface area contributed by atoms with Crippen LogP contribution in [0, 0.1) is 6.92 Å². The monoisotopic (exact) mass is 536 g/mol. The molecule has 0 aliphatic rings. The minimum Gasteiger partial charge on any atom is -0.497 e. The van der Waals surface area contributed by atoms with E-state index in [2.05, 4.69) is 12.0 Å². The van der Waals surface area contributed by atoms with Gasteiger partial charge in [-0.3, -0.25) is 9.32 Å². The Kier molecular flexibility index (Phi) is 12.6. The van der Waals surface area contributed by atoms with E-state index in [4.69, 9.17) is 24.3 Å². The van der Waals surface area contributed by atoms with Gasteiger partial charge in [-0.15, -0.1) is 0 Å². The first-order valence-electron chi connectivity index (χ1n) is 12.6. The molecule has 9 nitrogen and oxygen atoms in total. The van der Waals surface area contributed by atoms with Crippen molar-refractivity contribution in [2.45, 2.75) is 64.5 Å². The number of aliphatic hydroxyl groups excluding tert-OH is 1. The van der Waals surface area contributed by atoms with Crippen LogP contribution in [0.4, 0.5) is 0 Å². The number of esters is 1. The smallest absolute Gasteiger partial charge is 0.459 e. The first kappa shape index (κ1) is 30.8. The number of hydrogen-bond acceptors (Lipinski definition) is 8. The lowest BCUT2D eigenvalue weighted by molar-refractivity contribution is -0.145. The van der Waals surface area contributed by atoms with Gasteiger partial charge in [0.05, 0.1) is 32.5 Å². The van der Waals surface area contributed by atoms with Crippen molar-refractivity contribution in [1.82, 2.24) is 5.09 Å². The Bertz CT molecular complexity index is 1000. The van der Waals surface area contributed by atoms with Gasteiger partial charge in [-0.25, -0.2) is 4.57 Å². The summed E-state index contributed by atoms with van der Waals surface area (Å²) in [6, 6.07) is 13.5. The van der Waals surface area contributed by atoms with Crippen molar-refractivity contribution >= 4 is 13.7 Å². The highest BCUT2D eigenvalue weighted by molar-refractivity contribution is 7.52. The first-order valence-corrected chi connectivity index (χ1v) is 14.1. The minimum atomic E-state index is -4.11. The van der Waals surface area contributed by atoms with Crippen LogP contribution in [0.1, 0.15) is 50.7 Å². The van der Waals surface area contributed by atoms with Crippen LogP contribution in [-0.4, -0.2) is 49.6 Å². The molecule has 0 aromatic heterocycles. The number of rotatable bonds is 17. The molecule has 2 rings (SSSR count). The summed E-state index contributed by atoms with van der Waals surface area (Å²) in [5.41, 5.74) is 7.43. The van der Waals surface area contributed by atoms with E-state index in [0.29, 0.717) is 18.6 Å². The average Bonchev–Trinajstić information content (AvgIpc) is 2.90. The van der Waals surface area contributed by atoms with Crippen molar-refractivity contribution in [3.8, 4) is 11.5 Å². The molecule has 206 valence electrons. The zero-order chi connectivity index (χ0) is 27.3. The molecule has 0 radical (unpaired) electrons. The normalized spacial score (nSPS) is 15.3. The van der Waals surface area contributed by atoms with E-state index in [9.17, 15) is 14.5 Å². The molecule has 0 spiro atoms. The molecule has 0 saturated carbocycles. The Labute approximate surface area is 220 Å². The summed E-state index contributed by atoms with van der Waals surface area (Å²) in [7, 11) is -2.58. The minimum absolute atomic E-state index is 0.242. The number of methoxy groups -OCH3 is 1. The number of ether oxygens (including phenoxy) is 2. The lowest BCUT2D eigenvalue weighted by Crippen LogP contribution is -2.49. The number of benzene rings is 2. The number of carbonyl (C=O) groups excluding carboxylic acids is 1. The molecule has 0 bridgehead atoms. The third-order valence-corrected chi connectivity index (χ3v) is 7.48. The average molecular weight is 537 g/mol. The third-order valence-electron chi connectivity index (χ3n) is 5.85. The van der Waals surface area contributed by atoms with Gasteiger partial charge in [-0.2, -0.15) is 5.09 Å². The summed E-state index contributed by atoms with van der Waals surface area (Å²) < 4.78 is 35.6. The maximum Gasteiger partial charge on any atom is 0.459 e. The van der Waals surface area contributed by atoms with E-state index in [1.165, 1.54) is 14.0 Å². The van der Waals surface area contributed by atoms with E-state index in [-0.39, 0.29) is 19.0 Å². The van der Waals surface area contributed by atoms with Crippen LogP contribution in [0.25, 0.3) is 0 Å². The van der Waals surface area contributed by atoms with Crippen molar-refractivity contribution in [1.29, 1.82) is 0 Å². The van der Waals surface area contributed by atoms with Gasteiger partial charge in [-0.05, 0) is 62.9 Å².